The molecule has 3 aromatic rings. The fraction of sp³-hybridized carbons (Fsp3) is 0.227. The van der Waals surface area contributed by atoms with E-state index in [-0.39, 0.29) is 11.8 Å². The Labute approximate surface area is 182 Å². The molecule has 166 valence electrons. The van der Waals surface area contributed by atoms with E-state index in [2.05, 4.69) is 24.9 Å². The summed E-state index contributed by atoms with van der Waals surface area (Å²) in [6, 6.07) is 10.4. The summed E-state index contributed by atoms with van der Waals surface area (Å²) in [5, 5.41) is 2.66. The minimum Gasteiger partial charge on any atom is -0.406 e. The number of nitrogens with zero attached hydrogens (tertiary/aromatic N) is 3. The first kappa shape index (κ1) is 21.6. The van der Waals surface area contributed by atoms with Crippen molar-refractivity contribution in [2.24, 2.45) is 5.73 Å². The van der Waals surface area contributed by atoms with Crippen LogP contribution in [0.2, 0.25) is 0 Å². The predicted octanol–water partition coefficient (Wildman–Crippen LogP) is 3.83. The second-order valence-electron chi connectivity index (χ2n) is 7.36. The van der Waals surface area contributed by atoms with Crippen molar-refractivity contribution >= 4 is 17.4 Å². The number of halogens is 3. The van der Waals surface area contributed by atoms with Crippen molar-refractivity contribution in [3.8, 4) is 16.9 Å². The number of alkyl halides is 3. The van der Waals surface area contributed by atoms with Gasteiger partial charge in [0.1, 0.15) is 11.6 Å². The van der Waals surface area contributed by atoms with E-state index in [4.69, 9.17) is 5.73 Å². The molecule has 1 saturated heterocycles. The number of pyridine rings is 2. The highest BCUT2D eigenvalue weighted by Crippen LogP contribution is 2.31. The molecule has 1 aromatic carbocycles. The van der Waals surface area contributed by atoms with Gasteiger partial charge in [0, 0.05) is 54.5 Å². The Morgan fingerprint density at radius 2 is 1.97 bits per heavy atom. The molecule has 0 radical (unpaired) electrons. The number of benzene rings is 1. The van der Waals surface area contributed by atoms with E-state index in [1.165, 1.54) is 18.3 Å². The quantitative estimate of drug-likeness (QED) is 0.623. The lowest BCUT2D eigenvalue weighted by Crippen LogP contribution is -2.27. The van der Waals surface area contributed by atoms with Crippen molar-refractivity contribution in [1.29, 1.82) is 0 Å². The van der Waals surface area contributed by atoms with Crippen molar-refractivity contribution in [3.05, 3.63) is 66.6 Å². The van der Waals surface area contributed by atoms with Crippen molar-refractivity contribution in [3.63, 3.8) is 0 Å². The standard InChI is InChI=1S/C22H20F3N5O2/c23-22(24,25)32-18-5-3-17(4-6-18)29-21(31)15-10-19(14-2-1-8-27-11-14)20(28-12-15)30-9-7-16(26)13-30/h1-6,8,10-12,16H,7,9,13,26H2,(H,29,31)/t16-/m0/s1. The number of carbonyl (C=O) groups excluding carboxylic acids is 1. The maximum absolute atomic E-state index is 12.8. The van der Waals surface area contributed by atoms with E-state index >= 15 is 0 Å². The normalized spacial score (nSPS) is 16.1. The molecular formula is C22H20F3N5O2. The lowest BCUT2D eigenvalue weighted by molar-refractivity contribution is -0.274. The van der Waals surface area contributed by atoms with Gasteiger partial charge < -0.3 is 20.7 Å². The molecule has 0 unspecified atom stereocenters. The van der Waals surface area contributed by atoms with Gasteiger partial charge in [-0.2, -0.15) is 0 Å². The van der Waals surface area contributed by atoms with Crippen LogP contribution in [0.4, 0.5) is 24.7 Å². The zero-order valence-corrected chi connectivity index (χ0v) is 16.8. The Hall–Kier alpha value is -3.66. The smallest absolute Gasteiger partial charge is 0.406 e. The van der Waals surface area contributed by atoms with Crippen molar-refractivity contribution in [2.45, 2.75) is 18.8 Å². The second kappa shape index (κ2) is 8.83. The number of hydrogen-bond donors (Lipinski definition) is 2. The van der Waals surface area contributed by atoms with Gasteiger partial charge in [-0.25, -0.2) is 4.98 Å². The molecule has 0 aliphatic carbocycles. The first-order valence-corrected chi connectivity index (χ1v) is 9.86. The molecule has 2 aromatic heterocycles. The highest BCUT2D eigenvalue weighted by atomic mass is 19.4. The molecule has 3 N–H and O–H groups in total. The van der Waals surface area contributed by atoms with Gasteiger partial charge in [0.15, 0.2) is 0 Å². The van der Waals surface area contributed by atoms with Crippen LogP contribution in [0.15, 0.2) is 61.1 Å². The number of ether oxygens (including phenoxy) is 1. The van der Waals surface area contributed by atoms with Crippen LogP contribution < -0.4 is 20.7 Å². The molecule has 1 aliphatic rings. The Kier molecular flexibility index (Phi) is 5.95. The Morgan fingerprint density at radius 3 is 2.59 bits per heavy atom. The van der Waals surface area contributed by atoms with E-state index in [0.717, 1.165) is 42.0 Å². The molecular weight excluding hydrogens is 423 g/mol. The lowest BCUT2D eigenvalue weighted by atomic mass is 10.1. The lowest BCUT2D eigenvalue weighted by Gasteiger charge is -2.21. The van der Waals surface area contributed by atoms with Crippen LogP contribution in [0.3, 0.4) is 0 Å². The first-order chi connectivity index (χ1) is 15.3. The Balaban J connectivity index is 1.57. The molecule has 0 bridgehead atoms. The minimum atomic E-state index is -4.78. The average molecular weight is 443 g/mol. The number of anilines is 2. The maximum Gasteiger partial charge on any atom is 0.573 e. The van der Waals surface area contributed by atoms with Crippen molar-refractivity contribution < 1.29 is 22.7 Å². The van der Waals surface area contributed by atoms with E-state index in [0.29, 0.717) is 17.8 Å². The second-order valence-corrected chi connectivity index (χ2v) is 7.36. The third-order valence-corrected chi connectivity index (χ3v) is 4.97. The summed E-state index contributed by atoms with van der Waals surface area (Å²) >= 11 is 0. The molecule has 10 heteroatoms. The van der Waals surface area contributed by atoms with Crippen LogP contribution in [0, 0.1) is 0 Å². The third-order valence-electron chi connectivity index (χ3n) is 4.97. The summed E-state index contributed by atoms with van der Waals surface area (Å²) in [7, 11) is 0. The molecule has 7 nitrogen and oxygen atoms in total. The van der Waals surface area contributed by atoms with Crippen LogP contribution >= 0.6 is 0 Å². The zero-order valence-electron chi connectivity index (χ0n) is 16.8. The van der Waals surface area contributed by atoms with Crippen molar-refractivity contribution in [1.82, 2.24) is 9.97 Å². The van der Waals surface area contributed by atoms with Crippen molar-refractivity contribution in [2.75, 3.05) is 23.3 Å². The average Bonchev–Trinajstić information content (AvgIpc) is 3.20. The van der Waals surface area contributed by atoms with E-state index in [9.17, 15) is 18.0 Å². The molecule has 1 fully saturated rings. The summed E-state index contributed by atoms with van der Waals surface area (Å²) < 4.78 is 40.7. The van der Waals surface area contributed by atoms with Gasteiger partial charge in [0.05, 0.1) is 5.56 Å². The van der Waals surface area contributed by atoms with E-state index < -0.39 is 12.3 Å². The summed E-state index contributed by atoms with van der Waals surface area (Å²) in [6.07, 6.45) is 0.892. The SMILES string of the molecule is N[C@H]1CCN(c2ncc(C(=O)Nc3ccc(OC(F)(F)F)cc3)cc2-c2cccnc2)C1. The number of carbonyl (C=O) groups is 1. The molecule has 0 saturated carbocycles. The number of amides is 1. The Morgan fingerprint density at radius 1 is 1.19 bits per heavy atom. The Bertz CT molecular complexity index is 1090. The fourth-order valence-electron chi connectivity index (χ4n) is 3.49. The number of rotatable bonds is 5. The van der Waals surface area contributed by atoms with Crippen LogP contribution in [-0.2, 0) is 0 Å². The van der Waals surface area contributed by atoms with Gasteiger partial charge in [-0.1, -0.05) is 6.07 Å². The predicted molar refractivity (Wildman–Crippen MR) is 113 cm³/mol. The van der Waals surface area contributed by atoms with E-state index in [1.54, 1.807) is 24.5 Å². The number of nitrogens with two attached hydrogens (primary N) is 1. The number of hydrogen-bond acceptors (Lipinski definition) is 6. The highest BCUT2D eigenvalue weighted by molar-refractivity contribution is 6.05. The molecule has 1 amide bonds. The highest BCUT2D eigenvalue weighted by Gasteiger charge is 2.31. The fourth-order valence-corrected chi connectivity index (χ4v) is 3.49. The molecule has 1 aliphatic heterocycles. The van der Waals surface area contributed by atoms with Crippen LogP contribution in [-0.4, -0.2) is 41.4 Å². The van der Waals surface area contributed by atoms with Gasteiger partial charge in [0.2, 0.25) is 0 Å². The van der Waals surface area contributed by atoms with Gasteiger partial charge >= 0.3 is 6.36 Å². The third kappa shape index (κ3) is 5.14. The summed E-state index contributed by atoms with van der Waals surface area (Å²) in [6.45, 7) is 1.43. The first-order valence-electron chi connectivity index (χ1n) is 9.86. The largest absolute Gasteiger partial charge is 0.573 e. The number of aromatic nitrogens is 2. The number of nitrogens with one attached hydrogen (secondary N) is 1. The van der Waals surface area contributed by atoms with Crippen LogP contribution in [0.5, 0.6) is 5.75 Å². The van der Waals surface area contributed by atoms with Gasteiger partial charge in [-0.15, -0.1) is 13.2 Å². The zero-order chi connectivity index (χ0) is 22.7. The topological polar surface area (TPSA) is 93.4 Å². The molecule has 1 atom stereocenters. The van der Waals surface area contributed by atoms with Crippen LogP contribution in [0.1, 0.15) is 16.8 Å². The van der Waals surface area contributed by atoms with Crippen LogP contribution in [0.25, 0.3) is 11.1 Å². The van der Waals surface area contributed by atoms with Gasteiger partial charge in [0.25, 0.3) is 5.91 Å². The van der Waals surface area contributed by atoms with E-state index in [1.807, 2.05) is 6.07 Å². The van der Waals surface area contributed by atoms with Gasteiger partial charge in [-0.3, -0.25) is 9.78 Å². The maximum atomic E-state index is 12.8. The summed E-state index contributed by atoms with van der Waals surface area (Å²) in [4.78, 5) is 23.5. The molecule has 0 spiro atoms. The summed E-state index contributed by atoms with van der Waals surface area (Å²) in [5.74, 6) is -0.0999. The monoisotopic (exact) mass is 443 g/mol. The molecule has 4 rings (SSSR count). The summed E-state index contributed by atoms with van der Waals surface area (Å²) in [5.41, 5.74) is 8.21. The molecule has 32 heavy (non-hydrogen) atoms. The molecule has 3 heterocycles. The minimum absolute atomic E-state index is 0.0609. The van der Waals surface area contributed by atoms with Gasteiger partial charge in [-0.05, 0) is 42.8 Å².